The second-order valence-electron chi connectivity index (χ2n) is 6.08. The maximum atomic E-state index is 12.5. The Balaban J connectivity index is 1.93. The molecule has 2 aromatic rings. The van der Waals surface area contributed by atoms with E-state index in [1.54, 1.807) is 42.5 Å². The van der Waals surface area contributed by atoms with Crippen LogP contribution in [0.15, 0.2) is 53.7 Å². The molecule has 0 atom stereocenters. The molecule has 4 nitrogen and oxygen atoms in total. The van der Waals surface area contributed by atoms with Crippen molar-refractivity contribution >= 4 is 11.5 Å². The minimum atomic E-state index is -0.210. The van der Waals surface area contributed by atoms with Gasteiger partial charge in [-0.05, 0) is 23.7 Å². The Morgan fingerprint density at radius 1 is 0.960 bits per heavy atom. The van der Waals surface area contributed by atoms with Crippen LogP contribution in [0.2, 0.25) is 0 Å². The third-order valence-electron chi connectivity index (χ3n) is 4.11. The molecular formula is C21H25NO3. The number of carbonyl (C=O) groups excluding carboxylic acids is 1. The average molecular weight is 339 g/mol. The molecule has 25 heavy (non-hydrogen) atoms. The third kappa shape index (κ3) is 5.82. The standard InChI is InChI=1S/C21H25NO3/c1-2-3-4-5-6-10-15-25-18-13-14-19(20(16-18)22-24)21(23)17-11-8-7-9-12-17/h7-9,11-14,16H,2-6,10,15H2,1H3. The van der Waals surface area contributed by atoms with E-state index in [-0.39, 0.29) is 11.5 Å². The third-order valence-corrected chi connectivity index (χ3v) is 4.11. The lowest BCUT2D eigenvalue weighted by Gasteiger charge is -2.09. The van der Waals surface area contributed by atoms with Crippen LogP contribution >= 0.6 is 0 Å². The molecule has 132 valence electrons. The smallest absolute Gasteiger partial charge is 0.195 e. The second kappa shape index (κ2) is 10.4. The minimum absolute atomic E-state index is 0.120. The van der Waals surface area contributed by atoms with Crippen LogP contribution < -0.4 is 4.74 Å². The maximum Gasteiger partial charge on any atom is 0.195 e. The summed E-state index contributed by atoms with van der Waals surface area (Å²) in [5.74, 6) is 0.366. The topological polar surface area (TPSA) is 55.7 Å². The summed E-state index contributed by atoms with van der Waals surface area (Å²) in [5.41, 5.74) is 0.954. The lowest BCUT2D eigenvalue weighted by atomic mass is 10.0. The fourth-order valence-corrected chi connectivity index (χ4v) is 2.69. The quantitative estimate of drug-likeness (QED) is 0.284. The summed E-state index contributed by atoms with van der Waals surface area (Å²) in [5, 5.41) is 3.01. The van der Waals surface area contributed by atoms with Crippen molar-refractivity contribution in [1.29, 1.82) is 0 Å². The Labute approximate surface area is 149 Å². The number of hydrogen-bond donors (Lipinski definition) is 0. The Hall–Kier alpha value is -2.49. The van der Waals surface area contributed by atoms with E-state index in [9.17, 15) is 9.70 Å². The molecule has 4 heteroatoms. The summed E-state index contributed by atoms with van der Waals surface area (Å²) < 4.78 is 5.69. The first-order valence-electron chi connectivity index (χ1n) is 8.96. The highest BCUT2D eigenvalue weighted by Gasteiger charge is 2.15. The molecule has 0 bridgehead atoms. The highest BCUT2D eigenvalue weighted by atomic mass is 16.5. The number of carbonyl (C=O) groups is 1. The van der Waals surface area contributed by atoms with E-state index >= 15 is 0 Å². The van der Waals surface area contributed by atoms with Crippen LogP contribution in [0, 0.1) is 4.91 Å². The van der Waals surface area contributed by atoms with Crippen LogP contribution in [-0.4, -0.2) is 12.4 Å². The maximum absolute atomic E-state index is 12.5. The molecule has 0 aliphatic rings. The molecule has 0 aromatic heterocycles. The van der Waals surface area contributed by atoms with E-state index in [0.29, 0.717) is 23.5 Å². The molecule has 0 saturated heterocycles. The molecule has 2 rings (SSSR count). The number of ether oxygens (including phenoxy) is 1. The van der Waals surface area contributed by atoms with Crippen molar-refractivity contribution in [3.05, 3.63) is 64.6 Å². The molecule has 0 fully saturated rings. The van der Waals surface area contributed by atoms with Crippen molar-refractivity contribution < 1.29 is 9.53 Å². The average Bonchev–Trinajstić information content (AvgIpc) is 2.67. The van der Waals surface area contributed by atoms with Crippen molar-refractivity contribution in [3.8, 4) is 5.75 Å². The Kier molecular flexibility index (Phi) is 7.83. The number of nitroso groups, excluding NO2 is 1. The molecule has 0 aliphatic heterocycles. The molecule has 0 N–H and O–H groups in total. The highest BCUT2D eigenvalue weighted by Crippen LogP contribution is 2.27. The lowest BCUT2D eigenvalue weighted by molar-refractivity contribution is 0.103. The summed E-state index contributed by atoms with van der Waals surface area (Å²) in [6, 6.07) is 13.7. The molecular weight excluding hydrogens is 314 g/mol. The predicted molar refractivity (Wildman–Crippen MR) is 101 cm³/mol. The molecule has 0 amide bonds. The van der Waals surface area contributed by atoms with Gasteiger partial charge in [0, 0.05) is 11.6 Å². The van der Waals surface area contributed by atoms with Crippen molar-refractivity contribution in [2.24, 2.45) is 5.18 Å². The minimum Gasteiger partial charge on any atom is -0.494 e. The van der Waals surface area contributed by atoms with E-state index in [2.05, 4.69) is 12.1 Å². The van der Waals surface area contributed by atoms with E-state index in [1.165, 1.54) is 25.7 Å². The van der Waals surface area contributed by atoms with Crippen LogP contribution in [0.1, 0.15) is 61.4 Å². The van der Waals surface area contributed by atoms with Gasteiger partial charge in [-0.1, -0.05) is 69.4 Å². The Morgan fingerprint density at radius 2 is 1.68 bits per heavy atom. The van der Waals surface area contributed by atoms with Crippen molar-refractivity contribution in [2.45, 2.75) is 45.4 Å². The molecule has 0 heterocycles. The number of benzene rings is 2. The number of hydrogen-bond acceptors (Lipinski definition) is 4. The first kappa shape index (κ1) is 18.8. The number of nitrogens with zero attached hydrogens (tertiary/aromatic N) is 1. The van der Waals surface area contributed by atoms with Gasteiger partial charge in [-0.15, -0.1) is 4.91 Å². The molecule has 0 saturated carbocycles. The van der Waals surface area contributed by atoms with Crippen LogP contribution in [0.25, 0.3) is 0 Å². The summed E-state index contributed by atoms with van der Waals surface area (Å²) >= 11 is 0. The zero-order chi connectivity index (χ0) is 17.9. The molecule has 0 aliphatic carbocycles. The summed E-state index contributed by atoms with van der Waals surface area (Å²) in [7, 11) is 0. The first-order chi connectivity index (χ1) is 12.3. The van der Waals surface area contributed by atoms with Crippen molar-refractivity contribution in [2.75, 3.05) is 6.61 Å². The molecule has 0 radical (unpaired) electrons. The Morgan fingerprint density at radius 3 is 2.40 bits per heavy atom. The monoisotopic (exact) mass is 339 g/mol. The predicted octanol–water partition coefficient (Wildman–Crippen LogP) is 6.05. The Bertz CT molecular complexity index is 683. The van der Waals surface area contributed by atoms with Crippen LogP contribution in [-0.2, 0) is 0 Å². The van der Waals surface area contributed by atoms with Gasteiger partial charge < -0.3 is 4.74 Å². The summed E-state index contributed by atoms with van der Waals surface area (Å²) in [4.78, 5) is 23.6. The SMILES string of the molecule is CCCCCCCCOc1ccc(C(=O)c2ccccc2)c(N=O)c1. The fraction of sp³-hybridized carbons (Fsp3) is 0.381. The normalized spacial score (nSPS) is 10.4. The first-order valence-corrected chi connectivity index (χ1v) is 8.96. The largest absolute Gasteiger partial charge is 0.494 e. The van der Waals surface area contributed by atoms with Gasteiger partial charge in [0.2, 0.25) is 0 Å². The van der Waals surface area contributed by atoms with Gasteiger partial charge in [0.25, 0.3) is 0 Å². The zero-order valence-electron chi connectivity index (χ0n) is 14.7. The van der Waals surface area contributed by atoms with Gasteiger partial charge in [-0.25, -0.2) is 0 Å². The highest BCUT2D eigenvalue weighted by molar-refractivity contribution is 6.12. The van der Waals surface area contributed by atoms with Gasteiger partial charge in [0.05, 0.1) is 12.2 Å². The van der Waals surface area contributed by atoms with Gasteiger partial charge in [-0.2, -0.15) is 0 Å². The van der Waals surface area contributed by atoms with Gasteiger partial charge in [0.15, 0.2) is 5.78 Å². The van der Waals surface area contributed by atoms with E-state index < -0.39 is 0 Å². The van der Waals surface area contributed by atoms with Crippen LogP contribution in [0.3, 0.4) is 0 Å². The molecule has 2 aromatic carbocycles. The number of unbranched alkanes of at least 4 members (excludes halogenated alkanes) is 5. The van der Waals surface area contributed by atoms with Crippen molar-refractivity contribution in [1.82, 2.24) is 0 Å². The van der Waals surface area contributed by atoms with Crippen LogP contribution in [0.5, 0.6) is 5.75 Å². The van der Waals surface area contributed by atoms with E-state index in [0.717, 1.165) is 12.8 Å². The number of rotatable bonds is 11. The van der Waals surface area contributed by atoms with E-state index in [4.69, 9.17) is 4.74 Å². The second-order valence-corrected chi connectivity index (χ2v) is 6.08. The van der Waals surface area contributed by atoms with E-state index in [1.807, 2.05) is 6.07 Å². The van der Waals surface area contributed by atoms with Gasteiger partial charge in [-0.3, -0.25) is 4.79 Å². The van der Waals surface area contributed by atoms with Crippen molar-refractivity contribution in [3.63, 3.8) is 0 Å². The zero-order valence-corrected chi connectivity index (χ0v) is 14.7. The van der Waals surface area contributed by atoms with Gasteiger partial charge >= 0.3 is 0 Å². The van der Waals surface area contributed by atoms with Crippen LogP contribution in [0.4, 0.5) is 5.69 Å². The summed E-state index contributed by atoms with van der Waals surface area (Å²) in [6.45, 7) is 2.81. The summed E-state index contributed by atoms with van der Waals surface area (Å²) in [6.07, 6.45) is 7.15. The molecule has 0 unspecified atom stereocenters. The fourth-order valence-electron chi connectivity index (χ4n) is 2.69. The van der Waals surface area contributed by atoms with Gasteiger partial charge in [0.1, 0.15) is 11.4 Å². The molecule has 0 spiro atoms. The number of ketones is 1. The lowest BCUT2D eigenvalue weighted by Crippen LogP contribution is -2.02.